The van der Waals surface area contributed by atoms with E-state index < -0.39 is 5.97 Å². The lowest BCUT2D eigenvalue weighted by Crippen LogP contribution is -2.16. The first-order valence-corrected chi connectivity index (χ1v) is 6.49. The molecule has 2 aromatic heterocycles. The minimum Gasteiger partial charge on any atom is -0.475 e. The van der Waals surface area contributed by atoms with Gasteiger partial charge in [-0.1, -0.05) is 19.9 Å². The van der Waals surface area contributed by atoms with Gasteiger partial charge in [0.1, 0.15) is 0 Å². The van der Waals surface area contributed by atoms with Crippen molar-refractivity contribution in [3.63, 3.8) is 0 Å². The van der Waals surface area contributed by atoms with E-state index in [1.165, 1.54) is 0 Å². The molecule has 2 rings (SSSR count). The predicted molar refractivity (Wildman–Crippen MR) is 73.3 cm³/mol. The van der Waals surface area contributed by atoms with Gasteiger partial charge in [-0.15, -0.1) is 0 Å². The minimum atomic E-state index is -1.00. The maximum Gasteiger partial charge on any atom is 0.372 e. The summed E-state index contributed by atoms with van der Waals surface area (Å²) in [6.45, 7) is 5.85. The number of nitrogens with one attached hydrogen (secondary N) is 1. The van der Waals surface area contributed by atoms with Crippen molar-refractivity contribution in [3.8, 4) is 0 Å². The van der Waals surface area contributed by atoms with Crippen LogP contribution in [0.15, 0.2) is 24.4 Å². The zero-order valence-electron chi connectivity index (χ0n) is 11.3. The molecule has 2 heterocycles. The Bertz CT molecular complexity index is 575. The summed E-state index contributed by atoms with van der Waals surface area (Å²) in [5.74, 6) is -0.285. The largest absolute Gasteiger partial charge is 0.475 e. The molecule has 0 aliphatic carbocycles. The molecule has 0 aromatic carbocycles. The van der Waals surface area contributed by atoms with Crippen LogP contribution in [0.5, 0.6) is 0 Å². The summed E-state index contributed by atoms with van der Waals surface area (Å²) in [5, 5.41) is 12.4. The number of nitrogens with zero attached hydrogens (tertiary/aromatic N) is 2. The average Bonchev–Trinajstić information content (AvgIpc) is 2.74. The lowest BCUT2D eigenvalue weighted by molar-refractivity contribution is 0.0682. The van der Waals surface area contributed by atoms with Gasteiger partial charge in [0, 0.05) is 12.7 Å². The van der Waals surface area contributed by atoms with Gasteiger partial charge in [-0.05, 0) is 31.0 Å². The standard InChI is InChI=1S/C14H19N3O2/c1-10(2)6-7-15-9-11-12-5-3-4-8-17(12)13(16-11)14(18)19/h3-5,8,10,15H,6-7,9H2,1-2H3,(H,18,19). The number of fused-ring (bicyclic) bond motifs is 1. The third-order valence-electron chi connectivity index (χ3n) is 3.01. The van der Waals surface area contributed by atoms with Crippen molar-refractivity contribution in [3.05, 3.63) is 35.9 Å². The summed E-state index contributed by atoms with van der Waals surface area (Å²) in [5.41, 5.74) is 1.62. The molecular weight excluding hydrogens is 242 g/mol. The van der Waals surface area contributed by atoms with Crippen LogP contribution in [0.4, 0.5) is 0 Å². The van der Waals surface area contributed by atoms with Crippen molar-refractivity contribution >= 4 is 11.5 Å². The van der Waals surface area contributed by atoms with E-state index >= 15 is 0 Å². The van der Waals surface area contributed by atoms with Gasteiger partial charge in [0.05, 0.1) is 11.2 Å². The van der Waals surface area contributed by atoms with E-state index in [-0.39, 0.29) is 5.82 Å². The van der Waals surface area contributed by atoms with E-state index in [0.29, 0.717) is 12.5 Å². The number of imidazole rings is 1. The zero-order chi connectivity index (χ0) is 13.8. The van der Waals surface area contributed by atoms with Crippen molar-refractivity contribution in [1.82, 2.24) is 14.7 Å². The van der Waals surface area contributed by atoms with Gasteiger partial charge >= 0.3 is 5.97 Å². The molecule has 0 amide bonds. The quantitative estimate of drug-likeness (QED) is 0.782. The molecule has 0 saturated heterocycles. The van der Waals surface area contributed by atoms with Crippen molar-refractivity contribution in [2.75, 3.05) is 6.54 Å². The molecule has 0 fully saturated rings. The number of carbonyl (C=O) groups is 1. The Morgan fingerprint density at radius 2 is 2.26 bits per heavy atom. The van der Waals surface area contributed by atoms with Gasteiger partial charge in [-0.3, -0.25) is 4.40 Å². The van der Waals surface area contributed by atoms with Crippen LogP contribution in [0.25, 0.3) is 5.52 Å². The van der Waals surface area contributed by atoms with Crippen LogP contribution in [-0.4, -0.2) is 27.0 Å². The molecule has 0 atom stereocenters. The lowest BCUT2D eigenvalue weighted by atomic mass is 10.1. The van der Waals surface area contributed by atoms with E-state index in [9.17, 15) is 4.79 Å². The fourth-order valence-electron chi connectivity index (χ4n) is 1.98. The van der Waals surface area contributed by atoms with Gasteiger partial charge in [-0.2, -0.15) is 0 Å². The number of aromatic nitrogens is 2. The van der Waals surface area contributed by atoms with Gasteiger partial charge in [0.2, 0.25) is 5.82 Å². The Hall–Kier alpha value is -1.88. The molecule has 2 aromatic rings. The third kappa shape index (κ3) is 3.12. The van der Waals surface area contributed by atoms with Crippen LogP contribution in [0, 0.1) is 5.92 Å². The summed E-state index contributed by atoms with van der Waals surface area (Å²) in [6.07, 6.45) is 2.82. The van der Waals surface area contributed by atoms with Crippen LogP contribution < -0.4 is 5.32 Å². The van der Waals surface area contributed by atoms with Crippen LogP contribution in [0.1, 0.15) is 36.6 Å². The number of rotatable bonds is 6. The Kier molecular flexibility index (Phi) is 4.16. The average molecular weight is 261 g/mol. The highest BCUT2D eigenvalue weighted by Crippen LogP contribution is 2.13. The highest BCUT2D eigenvalue weighted by molar-refractivity contribution is 5.85. The summed E-state index contributed by atoms with van der Waals surface area (Å²) in [6, 6.07) is 5.58. The monoisotopic (exact) mass is 261 g/mol. The van der Waals surface area contributed by atoms with Crippen molar-refractivity contribution in [2.24, 2.45) is 5.92 Å². The van der Waals surface area contributed by atoms with Gasteiger partial charge in [-0.25, -0.2) is 9.78 Å². The minimum absolute atomic E-state index is 0.0660. The van der Waals surface area contributed by atoms with Crippen LogP contribution in [-0.2, 0) is 6.54 Å². The number of aromatic carboxylic acids is 1. The maximum atomic E-state index is 11.1. The van der Waals surface area contributed by atoms with E-state index in [4.69, 9.17) is 5.11 Å². The third-order valence-corrected chi connectivity index (χ3v) is 3.01. The van der Waals surface area contributed by atoms with E-state index in [1.54, 1.807) is 16.7 Å². The molecule has 0 aliphatic rings. The van der Waals surface area contributed by atoms with Crippen LogP contribution in [0.2, 0.25) is 0 Å². The Morgan fingerprint density at radius 1 is 1.47 bits per heavy atom. The molecule has 5 heteroatoms. The van der Waals surface area contributed by atoms with Crippen LogP contribution in [0.3, 0.4) is 0 Å². The molecule has 0 radical (unpaired) electrons. The molecule has 19 heavy (non-hydrogen) atoms. The normalized spacial score (nSPS) is 11.3. The fraction of sp³-hybridized carbons (Fsp3) is 0.429. The Morgan fingerprint density at radius 3 is 2.95 bits per heavy atom. The number of hydrogen-bond donors (Lipinski definition) is 2. The molecule has 2 N–H and O–H groups in total. The Balaban J connectivity index is 2.16. The Labute approximate surface area is 112 Å². The summed E-state index contributed by atoms with van der Waals surface area (Å²) in [7, 11) is 0. The van der Waals surface area contributed by atoms with Gasteiger partial charge in [0.25, 0.3) is 0 Å². The first-order valence-electron chi connectivity index (χ1n) is 6.49. The predicted octanol–water partition coefficient (Wildman–Crippen LogP) is 2.17. The topological polar surface area (TPSA) is 66.6 Å². The highest BCUT2D eigenvalue weighted by atomic mass is 16.4. The summed E-state index contributed by atoms with van der Waals surface area (Å²) in [4.78, 5) is 15.4. The first kappa shape index (κ1) is 13.5. The first-order chi connectivity index (χ1) is 9.09. The SMILES string of the molecule is CC(C)CCNCc1nc(C(=O)O)n2ccccc12. The van der Waals surface area contributed by atoms with Crippen molar-refractivity contribution in [2.45, 2.75) is 26.8 Å². The molecule has 0 saturated carbocycles. The highest BCUT2D eigenvalue weighted by Gasteiger charge is 2.15. The lowest BCUT2D eigenvalue weighted by Gasteiger charge is -2.05. The molecular formula is C14H19N3O2. The molecule has 102 valence electrons. The van der Waals surface area contributed by atoms with E-state index in [2.05, 4.69) is 24.1 Å². The molecule has 5 nitrogen and oxygen atoms in total. The number of hydrogen-bond acceptors (Lipinski definition) is 3. The van der Waals surface area contributed by atoms with E-state index in [0.717, 1.165) is 24.2 Å². The number of carboxylic acid groups (broad SMARTS) is 1. The van der Waals surface area contributed by atoms with Gasteiger partial charge < -0.3 is 10.4 Å². The van der Waals surface area contributed by atoms with Crippen LogP contribution >= 0.6 is 0 Å². The van der Waals surface area contributed by atoms with Crippen molar-refractivity contribution < 1.29 is 9.90 Å². The molecule has 0 spiro atoms. The van der Waals surface area contributed by atoms with Crippen molar-refractivity contribution in [1.29, 1.82) is 0 Å². The molecule has 0 unspecified atom stereocenters. The fourth-order valence-corrected chi connectivity index (χ4v) is 1.98. The molecule has 0 aliphatic heterocycles. The second kappa shape index (κ2) is 5.84. The second-order valence-electron chi connectivity index (χ2n) is 5.00. The molecule has 0 bridgehead atoms. The number of pyridine rings is 1. The maximum absolute atomic E-state index is 11.1. The summed E-state index contributed by atoms with van der Waals surface area (Å²) < 4.78 is 1.61. The number of carboxylic acids is 1. The second-order valence-corrected chi connectivity index (χ2v) is 5.00. The smallest absolute Gasteiger partial charge is 0.372 e. The van der Waals surface area contributed by atoms with E-state index in [1.807, 2.05) is 12.1 Å². The van der Waals surface area contributed by atoms with Gasteiger partial charge in [0.15, 0.2) is 0 Å². The summed E-state index contributed by atoms with van der Waals surface area (Å²) >= 11 is 0. The zero-order valence-corrected chi connectivity index (χ0v) is 11.3.